The third-order valence-electron chi connectivity index (χ3n) is 4.00. The third-order valence-corrected chi connectivity index (χ3v) is 5.87. The zero-order valence-corrected chi connectivity index (χ0v) is 13.8. The lowest BCUT2D eigenvalue weighted by molar-refractivity contribution is -0.130. The molecule has 1 aliphatic rings. The fourth-order valence-corrected chi connectivity index (χ4v) is 3.87. The van der Waals surface area contributed by atoms with Gasteiger partial charge < -0.3 is 4.90 Å². The van der Waals surface area contributed by atoms with Crippen molar-refractivity contribution in [3.05, 3.63) is 54.4 Å². The summed E-state index contributed by atoms with van der Waals surface area (Å²) in [5.41, 5.74) is 0.934. The van der Waals surface area contributed by atoms with Gasteiger partial charge in [-0.1, -0.05) is 30.3 Å². The van der Waals surface area contributed by atoms with Crippen LogP contribution in [0, 0.1) is 0 Å². The second-order valence-electron chi connectivity index (χ2n) is 5.50. The molecule has 23 heavy (non-hydrogen) atoms. The maximum Gasteiger partial charge on any atom is 0.237 e. The van der Waals surface area contributed by atoms with Crippen molar-refractivity contribution in [1.29, 1.82) is 0 Å². The maximum absolute atomic E-state index is 12.3. The molecule has 0 bridgehead atoms. The molecule has 1 fully saturated rings. The number of carbonyl (C=O) groups excluding carboxylic acids is 1. The molecule has 122 valence electrons. The van der Waals surface area contributed by atoms with Gasteiger partial charge in [0.15, 0.2) is 0 Å². The topological polar surface area (TPSA) is 72.3 Å². The Morgan fingerprint density at radius 2 is 2.00 bits per heavy atom. The zero-order valence-electron chi connectivity index (χ0n) is 12.2. The minimum atomic E-state index is -3.76. The first-order chi connectivity index (χ1) is 10.9. The van der Waals surface area contributed by atoms with E-state index in [0.717, 1.165) is 5.56 Å². The lowest BCUT2D eigenvalue weighted by Crippen LogP contribution is -2.34. The van der Waals surface area contributed by atoms with E-state index < -0.39 is 14.3 Å². The minimum absolute atomic E-state index is 0.0751. The Balaban J connectivity index is 1.91. The van der Waals surface area contributed by atoms with Crippen molar-refractivity contribution in [1.82, 2.24) is 14.7 Å². The molecule has 0 radical (unpaired) electrons. The Labute approximate surface area is 139 Å². The molecule has 0 aliphatic carbocycles. The molecule has 3 rings (SSSR count). The van der Waals surface area contributed by atoms with Gasteiger partial charge in [0.2, 0.25) is 15.0 Å². The highest BCUT2D eigenvalue weighted by atomic mass is 35.7. The van der Waals surface area contributed by atoms with Gasteiger partial charge in [0.1, 0.15) is 5.25 Å². The van der Waals surface area contributed by atoms with Crippen LogP contribution in [-0.4, -0.2) is 40.8 Å². The molecule has 0 saturated carbocycles. The predicted molar refractivity (Wildman–Crippen MR) is 86.3 cm³/mol. The molecule has 2 heterocycles. The van der Waals surface area contributed by atoms with Crippen molar-refractivity contribution in [3.8, 4) is 0 Å². The number of rotatable bonds is 5. The lowest BCUT2D eigenvalue weighted by atomic mass is 10.1. The van der Waals surface area contributed by atoms with Gasteiger partial charge >= 0.3 is 0 Å². The number of halogens is 1. The van der Waals surface area contributed by atoms with Crippen LogP contribution in [0.4, 0.5) is 0 Å². The fourth-order valence-electron chi connectivity index (χ4n) is 2.83. The van der Waals surface area contributed by atoms with Gasteiger partial charge in [-0.05, 0) is 11.6 Å². The fraction of sp³-hybridized carbons (Fsp3) is 0.333. The van der Waals surface area contributed by atoms with Crippen LogP contribution in [-0.2, 0) is 20.4 Å². The van der Waals surface area contributed by atoms with Crippen LogP contribution in [0.15, 0.2) is 48.8 Å². The van der Waals surface area contributed by atoms with E-state index in [0.29, 0.717) is 6.54 Å². The van der Waals surface area contributed by atoms with Gasteiger partial charge in [-0.25, -0.2) is 8.42 Å². The van der Waals surface area contributed by atoms with Crippen LogP contribution in [0.1, 0.15) is 18.0 Å². The number of amides is 1. The average molecular weight is 354 g/mol. The molecule has 1 saturated heterocycles. The quantitative estimate of drug-likeness (QED) is 0.768. The van der Waals surface area contributed by atoms with E-state index in [9.17, 15) is 13.2 Å². The summed E-state index contributed by atoms with van der Waals surface area (Å²) in [5, 5.41) is 3.32. The van der Waals surface area contributed by atoms with Gasteiger partial charge in [0, 0.05) is 36.0 Å². The maximum atomic E-state index is 12.3. The van der Waals surface area contributed by atoms with E-state index >= 15 is 0 Å². The average Bonchev–Trinajstić information content (AvgIpc) is 3.15. The molecule has 2 atom stereocenters. The van der Waals surface area contributed by atoms with Gasteiger partial charge in [0.25, 0.3) is 0 Å². The van der Waals surface area contributed by atoms with Crippen molar-refractivity contribution >= 4 is 25.6 Å². The normalized spacial score (nSPS) is 20.0. The van der Waals surface area contributed by atoms with Crippen LogP contribution < -0.4 is 0 Å². The summed E-state index contributed by atoms with van der Waals surface area (Å²) in [6, 6.07) is 11.0. The highest BCUT2D eigenvalue weighted by molar-refractivity contribution is 8.14. The summed E-state index contributed by atoms with van der Waals surface area (Å²) in [7, 11) is 1.68. The summed E-state index contributed by atoms with van der Waals surface area (Å²) in [6.45, 7) is 0.559. The van der Waals surface area contributed by atoms with E-state index in [1.54, 1.807) is 21.8 Å². The first-order valence-electron chi connectivity index (χ1n) is 7.20. The third kappa shape index (κ3) is 3.56. The molecule has 1 aliphatic heterocycles. The van der Waals surface area contributed by atoms with E-state index in [1.807, 2.05) is 36.5 Å². The van der Waals surface area contributed by atoms with Gasteiger partial charge in [-0.15, -0.1) is 0 Å². The van der Waals surface area contributed by atoms with E-state index in [-0.39, 0.29) is 24.9 Å². The summed E-state index contributed by atoms with van der Waals surface area (Å²) < 4.78 is 24.9. The van der Waals surface area contributed by atoms with Crippen molar-refractivity contribution in [2.75, 3.05) is 6.54 Å². The molecule has 1 aromatic carbocycles. The summed E-state index contributed by atoms with van der Waals surface area (Å²) in [4.78, 5) is 13.9. The van der Waals surface area contributed by atoms with Crippen LogP contribution in [0.5, 0.6) is 0 Å². The summed E-state index contributed by atoms with van der Waals surface area (Å²) >= 11 is 0. The minimum Gasteiger partial charge on any atom is -0.332 e. The molecule has 1 amide bonds. The van der Waals surface area contributed by atoms with Crippen LogP contribution in [0.25, 0.3) is 0 Å². The zero-order chi connectivity index (χ0) is 16.4. The van der Waals surface area contributed by atoms with Gasteiger partial charge in [-0.3, -0.25) is 9.48 Å². The molecule has 2 aromatic rings. The van der Waals surface area contributed by atoms with E-state index in [4.69, 9.17) is 10.7 Å². The number of benzene rings is 1. The molecular formula is C15H16ClN3O3S. The number of hydrogen-bond acceptors (Lipinski definition) is 4. The molecular weight excluding hydrogens is 338 g/mol. The number of aromatic nitrogens is 2. The van der Waals surface area contributed by atoms with Crippen molar-refractivity contribution in [2.24, 2.45) is 0 Å². The molecule has 0 N–H and O–H groups in total. The highest BCUT2D eigenvalue weighted by Crippen LogP contribution is 2.30. The standard InChI is InChI=1S/C15H16ClN3O3S/c16-23(21,22)13-9-15(20)19(10-13)14(11-18-8-4-7-17-18)12-5-2-1-3-6-12/h1-8,13-14H,9-11H2. The van der Waals surface area contributed by atoms with Gasteiger partial charge in [0.05, 0.1) is 12.6 Å². The molecule has 6 nitrogen and oxygen atoms in total. The van der Waals surface area contributed by atoms with Crippen molar-refractivity contribution in [3.63, 3.8) is 0 Å². The molecule has 1 aromatic heterocycles. The van der Waals surface area contributed by atoms with Crippen molar-refractivity contribution in [2.45, 2.75) is 24.3 Å². The number of nitrogens with zero attached hydrogens (tertiary/aromatic N) is 3. The molecule has 2 unspecified atom stereocenters. The van der Waals surface area contributed by atoms with Crippen LogP contribution in [0.2, 0.25) is 0 Å². The number of hydrogen-bond donors (Lipinski definition) is 0. The SMILES string of the molecule is O=C1CC(S(=O)(=O)Cl)CN1C(Cn1cccn1)c1ccccc1. The largest absolute Gasteiger partial charge is 0.332 e. The Kier molecular flexibility index (Phi) is 4.41. The number of carbonyl (C=O) groups is 1. The van der Waals surface area contributed by atoms with E-state index in [2.05, 4.69) is 5.10 Å². The first-order valence-corrected chi connectivity index (χ1v) is 9.57. The Morgan fingerprint density at radius 3 is 2.57 bits per heavy atom. The lowest BCUT2D eigenvalue weighted by Gasteiger charge is -2.28. The van der Waals surface area contributed by atoms with Crippen LogP contribution in [0.3, 0.4) is 0 Å². The van der Waals surface area contributed by atoms with Crippen LogP contribution >= 0.6 is 10.7 Å². The highest BCUT2D eigenvalue weighted by Gasteiger charge is 2.40. The molecule has 8 heteroatoms. The molecule has 0 spiro atoms. The van der Waals surface area contributed by atoms with Crippen molar-refractivity contribution < 1.29 is 13.2 Å². The summed E-state index contributed by atoms with van der Waals surface area (Å²) in [6.07, 6.45) is 3.40. The van der Waals surface area contributed by atoms with E-state index in [1.165, 1.54) is 0 Å². The number of likely N-dealkylation sites (tertiary alicyclic amines) is 1. The smallest absolute Gasteiger partial charge is 0.237 e. The Hall–Kier alpha value is -1.86. The Bertz CT molecular complexity index is 778. The van der Waals surface area contributed by atoms with Gasteiger partial charge in [-0.2, -0.15) is 5.10 Å². The predicted octanol–water partition coefficient (Wildman–Crippen LogP) is 1.79. The first kappa shape index (κ1) is 16.0. The Morgan fingerprint density at radius 1 is 1.26 bits per heavy atom. The second kappa shape index (κ2) is 6.33. The summed E-state index contributed by atoms with van der Waals surface area (Å²) in [5.74, 6) is -0.208. The monoisotopic (exact) mass is 353 g/mol. The second-order valence-corrected chi connectivity index (χ2v) is 8.41.